The minimum absolute atomic E-state index is 0.409. The first-order valence-electron chi connectivity index (χ1n) is 8.89. The molecule has 0 N–H and O–H groups in total. The molecule has 0 fully saturated rings. The number of benzene rings is 2. The van der Waals surface area contributed by atoms with Crippen LogP contribution in [0, 0.1) is 0 Å². The quantitative estimate of drug-likeness (QED) is 0.443. The second kappa shape index (κ2) is 6.96. The van der Waals surface area contributed by atoms with Gasteiger partial charge in [0.15, 0.2) is 0 Å². The Kier molecular flexibility index (Phi) is 4.36. The molecular weight excluding hydrogens is 318 g/mol. The van der Waals surface area contributed by atoms with Gasteiger partial charge in [0.2, 0.25) is 0 Å². The summed E-state index contributed by atoms with van der Waals surface area (Å²) in [5.41, 5.74) is 6.24. The predicted molar refractivity (Wildman–Crippen MR) is 107 cm³/mol. The maximum atomic E-state index is 5.00. The van der Waals surface area contributed by atoms with Gasteiger partial charge in [-0.2, -0.15) is 0 Å². The number of aliphatic imine (C=N–C) groups is 1. The van der Waals surface area contributed by atoms with Gasteiger partial charge >= 0.3 is 0 Å². The van der Waals surface area contributed by atoms with E-state index in [-0.39, 0.29) is 0 Å². The van der Waals surface area contributed by atoms with Gasteiger partial charge in [-0.3, -0.25) is 0 Å². The van der Waals surface area contributed by atoms with Crippen LogP contribution in [0.1, 0.15) is 36.6 Å². The Balaban J connectivity index is 1.87. The molecular formula is C23H21N3. The van der Waals surface area contributed by atoms with E-state index in [0.29, 0.717) is 5.92 Å². The molecule has 4 rings (SSSR count). The van der Waals surface area contributed by atoms with Crippen LogP contribution in [0.3, 0.4) is 0 Å². The van der Waals surface area contributed by atoms with Crippen molar-refractivity contribution in [1.29, 1.82) is 0 Å². The molecule has 0 amide bonds. The molecule has 0 bridgehead atoms. The largest absolute Gasteiger partial charge is 0.302 e. The smallest absolute Gasteiger partial charge is 0.137 e. The van der Waals surface area contributed by atoms with Gasteiger partial charge < -0.3 is 4.40 Å². The summed E-state index contributed by atoms with van der Waals surface area (Å²) in [7, 11) is 0. The van der Waals surface area contributed by atoms with Gasteiger partial charge in [0, 0.05) is 29.2 Å². The van der Waals surface area contributed by atoms with E-state index in [4.69, 9.17) is 4.99 Å². The maximum Gasteiger partial charge on any atom is 0.137 e. The molecule has 0 unspecified atom stereocenters. The van der Waals surface area contributed by atoms with Crippen LogP contribution in [-0.4, -0.2) is 15.1 Å². The lowest BCUT2D eigenvalue weighted by Gasteiger charge is -2.09. The number of nitrogens with zero attached hydrogens (tertiary/aromatic N) is 3. The van der Waals surface area contributed by atoms with Crippen molar-refractivity contribution in [2.75, 3.05) is 0 Å². The van der Waals surface area contributed by atoms with E-state index < -0.39 is 0 Å². The summed E-state index contributed by atoms with van der Waals surface area (Å²) in [4.78, 5) is 9.49. The Bertz CT molecular complexity index is 1000. The molecule has 2 heterocycles. The van der Waals surface area contributed by atoms with Gasteiger partial charge in [-0.1, -0.05) is 74.5 Å². The Labute approximate surface area is 153 Å². The van der Waals surface area contributed by atoms with Crippen LogP contribution < -0.4 is 0 Å². The highest BCUT2D eigenvalue weighted by molar-refractivity contribution is 6.13. The number of hydrogen-bond acceptors (Lipinski definition) is 2. The van der Waals surface area contributed by atoms with Gasteiger partial charge in [-0.25, -0.2) is 9.98 Å². The fraction of sp³-hybridized carbons (Fsp3) is 0.130. The van der Waals surface area contributed by atoms with Gasteiger partial charge in [0.25, 0.3) is 0 Å². The predicted octanol–water partition coefficient (Wildman–Crippen LogP) is 5.63. The molecule has 26 heavy (non-hydrogen) atoms. The van der Waals surface area contributed by atoms with E-state index in [1.165, 1.54) is 5.69 Å². The molecule has 2 aromatic carbocycles. The number of rotatable bonds is 4. The second-order valence-electron chi connectivity index (χ2n) is 6.65. The van der Waals surface area contributed by atoms with E-state index in [0.717, 1.165) is 28.2 Å². The first-order valence-corrected chi connectivity index (χ1v) is 8.89. The number of fused-ring (bicyclic) bond motifs is 1. The molecule has 0 saturated heterocycles. The van der Waals surface area contributed by atoms with Crippen LogP contribution >= 0.6 is 0 Å². The molecule has 2 aromatic heterocycles. The normalized spacial score (nSPS) is 11.0. The van der Waals surface area contributed by atoms with Crippen LogP contribution in [0.5, 0.6) is 0 Å². The number of hydrogen-bond donors (Lipinski definition) is 0. The van der Waals surface area contributed by atoms with Crippen molar-refractivity contribution >= 4 is 17.0 Å². The Hall–Kier alpha value is -3.20. The highest BCUT2D eigenvalue weighted by Crippen LogP contribution is 2.22. The van der Waals surface area contributed by atoms with Crippen molar-refractivity contribution in [2.24, 2.45) is 4.99 Å². The van der Waals surface area contributed by atoms with Crippen molar-refractivity contribution < 1.29 is 0 Å². The summed E-state index contributed by atoms with van der Waals surface area (Å²) < 4.78 is 2.14. The third-order valence-electron chi connectivity index (χ3n) is 4.45. The molecule has 0 spiro atoms. The zero-order chi connectivity index (χ0) is 17.9. The summed E-state index contributed by atoms with van der Waals surface area (Å²) in [5.74, 6) is 0.409. The molecule has 3 heteroatoms. The van der Waals surface area contributed by atoms with Crippen LogP contribution in [0.2, 0.25) is 0 Å². The lowest BCUT2D eigenvalue weighted by Crippen LogP contribution is -2.03. The molecule has 0 aliphatic carbocycles. The molecule has 0 saturated carbocycles. The standard InChI is InChI=1S/C23H21N3/c1-17(2)21-15-24-22-14-13-20(16-26(21)22)25-23(18-9-5-3-6-10-18)19-11-7-4-8-12-19/h3-17H,1-2H3. The maximum absolute atomic E-state index is 5.00. The van der Waals surface area contributed by atoms with Crippen molar-refractivity contribution in [3.8, 4) is 0 Å². The van der Waals surface area contributed by atoms with E-state index in [2.05, 4.69) is 53.7 Å². The van der Waals surface area contributed by atoms with Crippen molar-refractivity contribution in [2.45, 2.75) is 19.8 Å². The molecule has 0 aliphatic rings. The second-order valence-corrected chi connectivity index (χ2v) is 6.65. The third kappa shape index (κ3) is 3.16. The first kappa shape index (κ1) is 16.3. The minimum atomic E-state index is 0.409. The molecule has 0 aliphatic heterocycles. The zero-order valence-corrected chi connectivity index (χ0v) is 15.0. The van der Waals surface area contributed by atoms with Crippen molar-refractivity contribution in [3.05, 3.63) is 102 Å². The van der Waals surface area contributed by atoms with Crippen LogP contribution in [0.15, 0.2) is 90.2 Å². The molecule has 0 atom stereocenters. The lowest BCUT2D eigenvalue weighted by molar-refractivity contribution is 0.809. The van der Waals surface area contributed by atoms with E-state index in [1.54, 1.807) is 0 Å². The van der Waals surface area contributed by atoms with Crippen molar-refractivity contribution in [3.63, 3.8) is 0 Å². The SMILES string of the molecule is CC(C)c1cnc2ccc(N=C(c3ccccc3)c3ccccc3)cn12. The molecule has 0 radical (unpaired) electrons. The van der Waals surface area contributed by atoms with E-state index in [1.807, 2.05) is 54.7 Å². The van der Waals surface area contributed by atoms with Crippen LogP contribution in [-0.2, 0) is 0 Å². The van der Waals surface area contributed by atoms with Gasteiger partial charge in [-0.15, -0.1) is 0 Å². The lowest BCUT2D eigenvalue weighted by atomic mass is 10.0. The van der Waals surface area contributed by atoms with E-state index >= 15 is 0 Å². The van der Waals surface area contributed by atoms with Gasteiger partial charge in [0.05, 0.1) is 11.4 Å². The molecule has 128 valence electrons. The minimum Gasteiger partial charge on any atom is -0.302 e. The fourth-order valence-electron chi connectivity index (χ4n) is 3.10. The third-order valence-corrected chi connectivity index (χ3v) is 4.45. The fourth-order valence-corrected chi connectivity index (χ4v) is 3.10. The van der Waals surface area contributed by atoms with Crippen LogP contribution in [0.25, 0.3) is 5.65 Å². The molecule has 3 nitrogen and oxygen atoms in total. The molecule has 4 aromatic rings. The highest BCUT2D eigenvalue weighted by Gasteiger charge is 2.10. The summed E-state index contributed by atoms with van der Waals surface area (Å²) in [5, 5.41) is 0. The first-order chi connectivity index (χ1) is 12.7. The monoisotopic (exact) mass is 339 g/mol. The summed E-state index contributed by atoms with van der Waals surface area (Å²) >= 11 is 0. The average molecular weight is 339 g/mol. The Morgan fingerprint density at radius 1 is 0.846 bits per heavy atom. The Morgan fingerprint density at radius 2 is 1.46 bits per heavy atom. The zero-order valence-electron chi connectivity index (χ0n) is 15.0. The van der Waals surface area contributed by atoms with Crippen molar-refractivity contribution in [1.82, 2.24) is 9.38 Å². The topological polar surface area (TPSA) is 29.7 Å². The summed E-state index contributed by atoms with van der Waals surface area (Å²) in [6, 6.07) is 24.7. The summed E-state index contributed by atoms with van der Waals surface area (Å²) in [6.45, 7) is 4.36. The Morgan fingerprint density at radius 3 is 2.04 bits per heavy atom. The van der Waals surface area contributed by atoms with Gasteiger partial charge in [-0.05, 0) is 18.1 Å². The summed E-state index contributed by atoms with van der Waals surface area (Å²) in [6.07, 6.45) is 4.02. The number of aromatic nitrogens is 2. The average Bonchev–Trinajstić information content (AvgIpc) is 3.11. The van der Waals surface area contributed by atoms with E-state index in [9.17, 15) is 0 Å². The number of pyridine rings is 1. The van der Waals surface area contributed by atoms with Crippen LogP contribution in [0.4, 0.5) is 5.69 Å². The number of imidazole rings is 1. The van der Waals surface area contributed by atoms with Gasteiger partial charge in [0.1, 0.15) is 5.65 Å². The highest BCUT2D eigenvalue weighted by atomic mass is 15.0.